The number of carbonyl (C=O) groups excluding carboxylic acids is 1. The maximum absolute atomic E-state index is 12.0. The molecule has 1 atom stereocenters. The fraction of sp³-hybridized carbons (Fsp3) is 0.667. The van der Waals surface area contributed by atoms with E-state index in [0.717, 1.165) is 5.69 Å². The Bertz CT molecular complexity index is 451. The smallest absolute Gasteiger partial charge is 0.410 e. The zero-order valence-corrected chi connectivity index (χ0v) is 11.6. The summed E-state index contributed by atoms with van der Waals surface area (Å²) in [6.45, 7) is 7.41. The van der Waals surface area contributed by atoms with Gasteiger partial charge in [0.2, 0.25) is 0 Å². The van der Waals surface area contributed by atoms with Crippen LogP contribution in [0.15, 0.2) is 6.20 Å². The lowest BCUT2D eigenvalue weighted by molar-refractivity contribution is 0.0194. The number of nitrogens with two attached hydrogens (primary N) is 1. The van der Waals surface area contributed by atoms with Gasteiger partial charge in [0.25, 0.3) is 0 Å². The van der Waals surface area contributed by atoms with Gasteiger partial charge in [-0.25, -0.2) is 4.79 Å². The van der Waals surface area contributed by atoms with E-state index in [1.54, 1.807) is 11.1 Å². The molecule has 0 aromatic carbocycles. The zero-order valence-electron chi connectivity index (χ0n) is 11.6. The summed E-state index contributed by atoms with van der Waals surface area (Å²) in [4.78, 5) is 13.7. The Labute approximate surface area is 112 Å². The molecular formula is C12H21N5O2. The second-order valence-electron chi connectivity index (χ2n) is 5.67. The number of aromatic nitrogens is 2. The van der Waals surface area contributed by atoms with Gasteiger partial charge in [-0.3, -0.25) is 5.10 Å². The third-order valence-corrected chi connectivity index (χ3v) is 2.88. The van der Waals surface area contributed by atoms with E-state index in [1.807, 2.05) is 20.8 Å². The number of nitrogens with zero attached hydrogens (tertiary/aromatic N) is 2. The molecule has 7 nitrogen and oxygen atoms in total. The normalized spacial score (nSPS) is 20.4. The number of H-pyrrole nitrogens is 1. The number of piperazine rings is 1. The molecule has 2 heterocycles. The summed E-state index contributed by atoms with van der Waals surface area (Å²) >= 11 is 0. The fourth-order valence-electron chi connectivity index (χ4n) is 2.02. The minimum absolute atomic E-state index is 0.0382. The van der Waals surface area contributed by atoms with Crippen LogP contribution in [-0.2, 0) is 4.74 Å². The average Bonchev–Trinajstić information content (AvgIpc) is 2.73. The molecule has 1 amide bonds. The standard InChI is InChI=1S/C12H21N5O2/c1-12(2,3)19-11(18)17-5-4-14-9(7-17)10-8(13)6-15-16-10/h6,9,14H,4-5,7,13H2,1-3H3,(H,15,16). The van der Waals surface area contributed by atoms with E-state index in [-0.39, 0.29) is 12.1 Å². The maximum Gasteiger partial charge on any atom is 0.410 e. The zero-order chi connectivity index (χ0) is 14.0. The van der Waals surface area contributed by atoms with Crippen LogP contribution in [0.4, 0.5) is 10.5 Å². The number of anilines is 1. The molecule has 1 unspecified atom stereocenters. The van der Waals surface area contributed by atoms with Gasteiger partial charge in [-0.1, -0.05) is 0 Å². The number of amides is 1. The van der Waals surface area contributed by atoms with Crippen LogP contribution in [0.25, 0.3) is 0 Å². The Hall–Kier alpha value is -1.76. The first-order chi connectivity index (χ1) is 8.87. The Kier molecular flexibility index (Phi) is 3.66. The fourth-order valence-corrected chi connectivity index (χ4v) is 2.02. The number of hydrogen-bond acceptors (Lipinski definition) is 5. The van der Waals surface area contributed by atoms with Crippen LogP contribution in [0.3, 0.4) is 0 Å². The number of aromatic amines is 1. The highest BCUT2D eigenvalue weighted by atomic mass is 16.6. The van der Waals surface area contributed by atoms with Crippen molar-refractivity contribution in [3.05, 3.63) is 11.9 Å². The summed E-state index contributed by atoms with van der Waals surface area (Å²) in [6, 6.07) is -0.0382. The van der Waals surface area contributed by atoms with Crippen molar-refractivity contribution in [2.24, 2.45) is 0 Å². The summed E-state index contributed by atoms with van der Waals surface area (Å²) in [5.41, 5.74) is 6.76. The molecule has 2 rings (SSSR count). The van der Waals surface area contributed by atoms with Gasteiger partial charge >= 0.3 is 6.09 Å². The van der Waals surface area contributed by atoms with E-state index in [0.29, 0.717) is 25.3 Å². The predicted molar refractivity (Wildman–Crippen MR) is 71.6 cm³/mol. The number of nitrogens with one attached hydrogen (secondary N) is 2. The van der Waals surface area contributed by atoms with E-state index in [1.165, 1.54) is 0 Å². The topological polar surface area (TPSA) is 96.3 Å². The summed E-state index contributed by atoms with van der Waals surface area (Å²) in [7, 11) is 0. The number of rotatable bonds is 1. The highest BCUT2D eigenvalue weighted by Gasteiger charge is 2.29. The minimum atomic E-state index is -0.482. The largest absolute Gasteiger partial charge is 0.444 e. The summed E-state index contributed by atoms with van der Waals surface area (Å²) < 4.78 is 5.38. The van der Waals surface area contributed by atoms with Gasteiger partial charge in [-0.2, -0.15) is 5.10 Å². The molecule has 1 aliphatic rings. The molecule has 4 N–H and O–H groups in total. The highest BCUT2D eigenvalue weighted by Crippen LogP contribution is 2.21. The Balaban J connectivity index is 2.01. The van der Waals surface area contributed by atoms with Crippen molar-refractivity contribution in [3.8, 4) is 0 Å². The van der Waals surface area contributed by atoms with E-state index in [2.05, 4.69) is 15.5 Å². The first-order valence-electron chi connectivity index (χ1n) is 6.37. The molecular weight excluding hydrogens is 246 g/mol. The van der Waals surface area contributed by atoms with E-state index < -0.39 is 5.60 Å². The van der Waals surface area contributed by atoms with Crippen molar-refractivity contribution in [3.63, 3.8) is 0 Å². The predicted octanol–water partition coefficient (Wildman–Crippen LogP) is 0.873. The van der Waals surface area contributed by atoms with Crippen molar-refractivity contribution in [1.29, 1.82) is 0 Å². The monoisotopic (exact) mass is 267 g/mol. The molecule has 0 spiro atoms. The molecule has 0 aliphatic carbocycles. The van der Waals surface area contributed by atoms with Crippen LogP contribution in [0.5, 0.6) is 0 Å². The lowest BCUT2D eigenvalue weighted by Crippen LogP contribution is -2.49. The van der Waals surface area contributed by atoms with E-state index in [9.17, 15) is 4.79 Å². The summed E-state index contributed by atoms with van der Waals surface area (Å²) in [5.74, 6) is 0. The molecule has 106 valence electrons. The molecule has 7 heteroatoms. The van der Waals surface area contributed by atoms with Gasteiger partial charge in [0.05, 0.1) is 23.6 Å². The first-order valence-corrected chi connectivity index (χ1v) is 6.37. The maximum atomic E-state index is 12.0. The number of ether oxygens (including phenoxy) is 1. The summed E-state index contributed by atoms with van der Waals surface area (Å²) in [6.07, 6.45) is 1.28. The highest BCUT2D eigenvalue weighted by molar-refractivity contribution is 5.68. The SMILES string of the molecule is CC(C)(C)OC(=O)N1CCNC(c2[nH]ncc2N)C1. The van der Waals surface area contributed by atoms with Crippen LogP contribution in [-0.4, -0.2) is 46.4 Å². The molecule has 1 saturated heterocycles. The van der Waals surface area contributed by atoms with Crippen LogP contribution in [0.2, 0.25) is 0 Å². The van der Waals surface area contributed by atoms with Gasteiger partial charge in [-0.05, 0) is 20.8 Å². The lowest BCUT2D eigenvalue weighted by atomic mass is 10.1. The van der Waals surface area contributed by atoms with Crippen molar-refractivity contribution < 1.29 is 9.53 Å². The number of hydrogen-bond donors (Lipinski definition) is 3. The quantitative estimate of drug-likeness (QED) is 0.701. The average molecular weight is 267 g/mol. The minimum Gasteiger partial charge on any atom is -0.444 e. The Morgan fingerprint density at radius 2 is 2.32 bits per heavy atom. The van der Waals surface area contributed by atoms with Crippen molar-refractivity contribution in [1.82, 2.24) is 20.4 Å². The van der Waals surface area contributed by atoms with Crippen LogP contribution in [0, 0.1) is 0 Å². The van der Waals surface area contributed by atoms with Gasteiger partial charge in [0, 0.05) is 19.6 Å². The molecule has 1 aromatic heterocycles. The van der Waals surface area contributed by atoms with E-state index >= 15 is 0 Å². The Morgan fingerprint density at radius 3 is 2.89 bits per heavy atom. The molecule has 1 aliphatic heterocycles. The van der Waals surface area contributed by atoms with Gasteiger partial charge < -0.3 is 20.7 Å². The molecule has 1 fully saturated rings. The summed E-state index contributed by atoms with van der Waals surface area (Å²) in [5, 5.41) is 10.1. The second-order valence-corrected chi connectivity index (χ2v) is 5.67. The van der Waals surface area contributed by atoms with Crippen LogP contribution < -0.4 is 11.1 Å². The third-order valence-electron chi connectivity index (χ3n) is 2.88. The molecule has 0 saturated carbocycles. The van der Waals surface area contributed by atoms with Gasteiger partial charge in [0.1, 0.15) is 5.60 Å². The molecule has 0 bridgehead atoms. The molecule has 19 heavy (non-hydrogen) atoms. The second kappa shape index (κ2) is 5.08. The van der Waals surface area contributed by atoms with Gasteiger partial charge in [0.15, 0.2) is 0 Å². The van der Waals surface area contributed by atoms with Crippen molar-refractivity contribution >= 4 is 11.8 Å². The molecule has 1 aromatic rings. The first kappa shape index (κ1) is 13.7. The molecule has 0 radical (unpaired) electrons. The van der Waals surface area contributed by atoms with Crippen molar-refractivity contribution in [2.75, 3.05) is 25.4 Å². The van der Waals surface area contributed by atoms with Gasteiger partial charge in [-0.15, -0.1) is 0 Å². The van der Waals surface area contributed by atoms with Crippen LogP contribution in [0.1, 0.15) is 32.5 Å². The van der Waals surface area contributed by atoms with Crippen LogP contribution >= 0.6 is 0 Å². The number of carbonyl (C=O) groups is 1. The lowest BCUT2D eigenvalue weighted by Gasteiger charge is -2.34. The number of nitrogen functional groups attached to an aromatic ring is 1. The Morgan fingerprint density at radius 1 is 1.58 bits per heavy atom. The van der Waals surface area contributed by atoms with Crippen molar-refractivity contribution in [2.45, 2.75) is 32.4 Å². The third kappa shape index (κ3) is 3.37. The van der Waals surface area contributed by atoms with E-state index in [4.69, 9.17) is 10.5 Å².